The van der Waals surface area contributed by atoms with Crippen molar-refractivity contribution in [1.82, 2.24) is 19.9 Å². The predicted molar refractivity (Wildman–Crippen MR) is 32.4 cm³/mol. The van der Waals surface area contributed by atoms with E-state index in [-0.39, 0.29) is 70.2 Å². The van der Waals surface area contributed by atoms with E-state index in [4.69, 9.17) is 0 Å². The molecule has 2 heterocycles. The molecule has 0 bridgehead atoms. The Morgan fingerprint density at radius 3 is 2.42 bits per heavy atom. The van der Waals surface area contributed by atoms with Gasteiger partial charge in [-0.2, -0.15) is 0 Å². The van der Waals surface area contributed by atoms with E-state index in [1.807, 2.05) is 0 Å². The summed E-state index contributed by atoms with van der Waals surface area (Å²) in [5.74, 6) is 0. The minimum Gasteiger partial charge on any atom is -0.441 e. The molecule has 0 N–H and O–H groups in total. The summed E-state index contributed by atoms with van der Waals surface area (Å²) in [5.41, 5.74) is 0.227. The summed E-state index contributed by atoms with van der Waals surface area (Å²) in [6, 6.07) is 0. The van der Waals surface area contributed by atoms with Gasteiger partial charge in [0.2, 0.25) is 5.56 Å². The number of imidazole rings is 1. The van der Waals surface area contributed by atoms with Crippen LogP contribution in [0.25, 0.3) is 11.2 Å². The summed E-state index contributed by atoms with van der Waals surface area (Å²) in [4.78, 5) is 25.3. The second-order valence-corrected chi connectivity index (χ2v) is 1.72. The average molecular weight is 180 g/mol. The van der Waals surface area contributed by atoms with Crippen LogP contribution in [0.2, 0.25) is 0 Å². The van der Waals surface area contributed by atoms with Crippen molar-refractivity contribution in [2.75, 3.05) is 0 Å². The van der Waals surface area contributed by atoms with Gasteiger partial charge < -0.3 is 19.9 Å². The maximum atomic E-state index is 10.8. The summed E-state index contributed by atoms with van der Waals surface area (Å²) in [7, 11) is 0. The number of hydrogen-bond acceptors (Lipinski definition) is 3. The van der Waals surface area contributed by atoms with Crippen LogP contribution in [0.5, 0.6) is 0 Å². The van der Waals surface area contributed by atoms with Gasteiger partial charge in [-0.3, -0.25) is 4.79 Å². The summed E-state index contributed by atoms with van der Waals surface area (Å²) >= 11 is 0. The third kappa shape index (κ3) is 2.18. The molecule has 0 unspecified atom stereocenters. The van der Waals surface area contributed by atoms with Crippen molar-refractivity contribution in [3.8, 4) is 0 Å². The standard InChI is InChI=1S/C5H3N4O.2Na/c10-5-3-4(7-1-6-3)8-2-9-5;;/h1-2H,(H-,6,7,8,9,10);;/q-1;2*+1/p-1. The van der Waals surface area contributed by atoms with Gasteiger partial charge in [-0.25, -0.2) is 0 Å². The molecule has 0 amide bonds. The van der Waals surface area contributed by atoms with Crippen LogP contribution in [0.4, 0.5) is 0 Å². The second kappa shape index (κ2) is 5.16. The Kier molecular flexibility index (Phi) is 5.31. The van der Waals surface area contributed by atoms with Crippen molar-refractivity contribution >= 4 is 11.2 Å². The van der Waals surface area contributed by atoms with Crippen LogP contribution in [0.15, 0.2) is 17.4 Å². The van der Waals surface area contributed by atoms with Gasteiger partial charge in [0, 0.05) is 5.52 Å². The number of aromatic nitrogens is 4. The first kappa shape index (κ1) is 12.3. The molecule has 2 aromatic rings. The number of hydrogen-bond donors (Lipinski definition) is 0. The molecule has 12 heavy (non-hydrogen) atoms. The number of nitrogens with zero attached hydrogens (tertiary/aromatic N) is 4. The topological polar surface area (TPSA) is 71.1 Å². The fourth-order valence-corrected chi connectivity index (χ4v) is 0.703. The number of fused-ring (bicyclic) bond motifs is 1. The molecule has 0 fully saturated rings. The summed E-state index contributed by atoms with van der Waals surface area (Å²) in [6.45, 7) is 0. The van der Waals surface area contributed by atoms with Crippen LogP contribution in [-0.4, -0.2) is 9.97 Å². The van der Waals surface area contributed by atoms with E-state index in [1.165, 1.54) is 12.7 Å². The van der Waals surface area contributed by atoms with Gasteiger partial charge in [-0.15, -0.1) is 0 Å². The molecule has 0 radical (unpaired) electrons. The molecule has 0 saturated heterocycles. The molecule has 0 saturated carbocycles. The zero-order valence-electron chi connectivity index (χ0n) is 6.85. The molecule has 2 rings (SSSR count). The predicted octanol–water partition coefficient (Wildman–Crippen LogP) is -7.09. The first-order valence-electron chi connectivity index (χ1n) is 2.63. The minimum absolute atomic E-state index is 0. The third-order valence-corrected chi connectivity index (χ3v) is 1.14. The molecule has 0 spiro atoms. The van der Waals surface area contributed by atoms with Crippen LogP contribution in [0, 0.1) is 0 Å². The molecule has 2 aromatic heterocycles. The average Bonchev–Trinajstić information content (AvgIpc) is 2.36. The Morgan fingerprint density at radius 1 is 1.08 bits per heavy atom. The Balaban J connectivity index is 0.000000605. The van der Waals surface area contributed by atoms with Crippen molar-refractivity contribution in [2.24, 2.45) is 0 Å². The molecular formula is C5H2N4Na2O. The molecule has 0 atom stereocenters. The molecule has 7 heteroatoms. The first-order chi connectivity index (χ1) is 4.88. The van der Waals surface area contributed by atoms with Gasteiger partial charge in [0.15, 0.2) is 0 Å². The summed E-state index contributed by atoms with van der Waals surface area (Å²) in [6.07, 6.45) is 2.47. The van der Waals surface area contributed by atoms with Crippen LogP contribution in [-0.2, 0) is 0 Å². The molecular weight excluding hydrogens is 178 g/mol. The molecule has 0 aromatic carbocycles. The van der Waals surface area contributed by atoms with E-state index in [0.717, 1.165) is 0 Å². The van der Waals surface area contributed by atoms with Crippen molar-refractivity contribution in [3.05, 3.63) is 23.0 Å². The van der Waals surface area contributed by atoms with Gasteiger partial charge in [0.1, 0.15) is 0 Å². The van der Waals surface area contributed by atoms with Gasteiger partial charge in [0.25, 0.3) is 0 Å². The SMILES string of the molecule is O=c1nc[n-]c2nc[n-]c12.[Na+].[Na+]. The van der Waals surface area contributed by atoms with Gasteiger partial charge >= 0.3 is 59.1 Å². The van der Waals surface area contributed by atoms with E-state index in [1.54, 1.807) is 0 Å². The van der Waals surface area contributed by atoms with Crippen molar-refractivity contribution < 1.29 is 59.1 Å². The maximum absolute atomic E-state index is 10.8. The van der Waals surface area contributed by atoms with Crippen LogP contribution < -0.4 is 74.6 Å². The van der Waals surface area contributed by atoms with Crippen molar-refractivity contribution in [2.45, 2.75) is 0 Å². The Labute approximate surface area is 112 Å². The van der Waals surface area contributed by atoms with Gasteiger partial charge in [-0.1, -0.05) is 6.33 Å². The normalized spacial score (nSPS) is 8.67. The first-order valence-corrected chi connectivity index (χ1v) is 2.63. The largest absolute Gasteiger partial charge is 1.00 e. The van der Waals surface area contributed by atoms with E-state index in [9.17, 15) is 4.79 Å². The van der Waals surface area contributed by atoms with Crippen LogP contribution in [0.3, 0.4) is 0 Å². The Bertz CT molecular complexity index is 409. The quantitative estimate of drug-likeness (QED) is 0.377. The third-order valence-electron chi connectivity index (χ3n) is 1.14. The van der Waals surface area contributed by atoms with Gasteiger partial charge in [0.05, 0.1) is 0 Å². The molecule has 0 aliphatic rings. The van der Waals surface area contributed by atoms with Crippen LogP contribution >= 0.6 is 0 Å². The summed E-state index contributed by atoms with van der Waals surface area (Å²) in [5, 5.41) is 0. The molecule has 0 aliphatic heterocycles. The smallest absolute Gasteiger partial charge is 0.441 e. The van der Waals surface area contributed by atoms with E-state index in [0.29, 0.717) is 5.65 Å². The zero-order chi connectivity index (χ0) is 6.97. The molecule has 5 nitrogen and oxygen atoms in total. The fourth-order valence-electron chi connectivity index (χ4n) is 0.703. The van der Waals surface area contributed by atoms with E-state index >= 15 is 0 Å². The summed E-state index contributed by atoms with van der Waals surface area (Å²) < 4.78 is 0. The monoisotopic (exact) mass is 180 g/mol. The van der Waals surface area contributed by atoms with Crippen LogP contribution in [0.1, 0.15) is 0 Å². The molecule has 0 aliphatic carbocycles. The Morgan fingerprint density at radius 2 is 1.75 bits per heavy atom. The van der Waals surface area contributed by atoms with E-state index < -0.39 is 0 Å². The second-order valence-electron chi connectivity index (χ2n) is 1.72. The maximum Gasteiger partial charge on any atom is 1.00 e. The van der Waals surface area contributed by atoms with Gasteiger partial charge in [-0.05, 0) is 12.0 Å². The van der Waals surface area contributed by atoms with Crippen molar-refractivity contribution in [3.63, 3.8) is 0 Å². The number of rotatable bonds is 0. The van der Waals surface area contributed by atoms with E-state index in [2.05, 4.69) is 19.9 Å². The fraction of sp³-hybridized carbons (Fsp3) is 0. The zero-order valence-corrected chi connectivity index (χ0v) is 10.9. The Hall–Kier alpha value is 0.350. The minimum atomic E-state index is -0.373. The van der Waals surface area contributed by atoms with Crippen molar-refractivity contribution in [1.29, 1.82) is 0 Å². The molecule has 50 valence electrons.